The van der Waals surface area contributed by atoms with E-state index < -0.39 is 10.8 Å². The van der Waals surface area contributed by atoms with Crippen molar-refractivity contribution >= 4 is 23.2 Å². The van der Waals surface area contributed by atoms with Crippen LogP contribution in [0.1, 0.15) is 30.1 Å². The van der Waals surface area contributed by atoms with Gasteiger partial charge in [0, 0.05) is 24.2 Å². The Morgan fingerprint density at radius 2 is 2.25 bits per heavy atom. The number of aliphatic hydroxyl groups is 1. The molecule has 1 aromatic carbocycles. The van der Waals surface area contributed by atoms with Crippen LogP contribution in [-0.2, 0) is 0 Å². The lowest BCUT2D eigenvalue weighted by atomic mass is 10.1. The molecular formula is C13H17ClN2O4. The van der Waals surface area contributed by atoms with Crippen molar-refractivity contribution in [2.45, 2.75) is 19.8 Å². The van der Waals surface area contributed by atoms with Crippen LogP contribution in [-0.4, -0.2) is 29.1 Å². The first kappa shape index (κ1) is 16.4. The fourth-order valence-corrected chi connectivity index (χ4v) is 1.86. The van der Waals surface area contributed by atoms with Gasteiger partial charge in [-0.3, -0.25) is 14.9 Å². The molecule has 0 radical (unpaired) electrons. The Bertz CT molecular complexity index is 493. The first-order chi connectivity index (χ1) is 9.45. The van der Waals surface area contributed by atoms with E-state index in [9.17, 15) is 14.9 Å². The predicted octanol–water partition coefficient (Wildman–Crippen LogP) is 2.39. The summed E-state index contributed by atoms with van der Waals surface area (Å²) in [5.74, 6) is -0.344. The van der Waals surface area contributed by atoms with Gasteiger partial charge in [-0.25, -0.2) is 0 Å². The number of nitrogens with zero attached hydrogens (tertiary/aromatic N) is 1. The number of hydrogen-bond donors (Lipinski definition) is 2. The van der Waals surface area contributed by atoms with Crippen molar-refractivity contribution in [1.29, 1.82) is 0 Å². The lowest BCUT2D eigenvalue weighted by Gasteiger charge is -2.09. The predicted molar refractivity (Wildman–Crippen MR) is 75.9 cm³/mol. The summed E-state index contributed by atoms with van der Waals surface area (Å²) in [6.45, 7) is 2.41. The molecule has 2 N–H and O–H groups in total. The summed E-state index contributed by atoms with van der Waals surface area (Å²) in [7, 11) is 0. The molecule has 6 nitrogen and oxygen atoms in total. The molecular weight excluding hydrogens is 284 g/mol. The van der Waals surface area contributed by atoms with Crippen LogP contribution in [0.5, 0.6) is 0 Å². The third-order valence-corrected chi connectivity index (χ3v) is 3.11. The second-order valence-electron chi connectivity index (χ2n) is 4.60. The molecule has 1 rings (SSSR count). The van der Waals surface area contributed by atoms with Crippen LogP contribution in [0.15, 0.2) is 18.2 Å². The molecule has 110 valence electrons. The number of halogens is 1. The van der Waals surface area contributed by atoms with E-state index in [-0.39, 0.29) is 28.8 Å². The first-order valence-electron chi connectivity index (χ1n) is 6.28. The number of nitro benzene ring substituents is 1. The molecule has 0 spiro atoms. The van der Waals surface area contributed by atoms with Gasteiger partial charge >= 0.3 is 0 Å². The number of rotatable bonds is 7. The zero-order valence-corrected chi connectivity index (χ0v) is 11.9. The molecule has 1 atom stereocenters. The van der Waals surface area contributed by atoms with E-state index in [4.69, 9.17) is 16.7 Å². The lowest BCUT2D eigenvalue weighted by Crippen LogP contribution is -2.25. The van der Waals surface area contributed by atoms with Crippen molar-refractivity contribution in [2.24, 2.45) is 5.92 Å². The number of nitrogens with one attached hydrogen (secondary N) is 1. The number of amides is 1. The van der Waals surface area contributed by atoms with Crippen LogP contribution in [0.3, 0.4) is 0 Å². The number of hydrogen-bond acceptors (Lipinski definition) is 4. The van der Waals surface area contributed by atoms with Crippen molar-refractivity contribution in [1.82, 2.24) is 5.32 Å². The number of nitro groups is 1. The highest BCUT2D eigenvalue weighted by atomic mass is 35.5. The zero-order chi connectivity index (χ0) is 15.1. The van der Waals surface area contributed by atoms with Gasteiger partial charge in [-0.1, -0.05) is 18.5 Å². The third-order valence-electron chi connectivity index (χ3n) is 2.87. The quantitative estimate of drug-likeness (QED) is 0.459. The second kappa shape index (κ2) is 7.81. The summed E-state index contributed by atoms with van der Waals surface area (Å²) >= 11 is 5.76. The Balaban J connectivity index is 2.63. The fourth-order valence-electron chi connectivity index (χ4n) is 1.69. The van der Waals surface area contributed by atoms with Crippen LogP contribution in [0, 0.1) is 16.0 Å². The number of benzene rings is 1. The average molecular weight is 301 g/mol. The molecule has 0 aliphatic carbocycles. The molecule has 0 saturated heterocycles. The van der Waals surface area contributed by atoms with E-state index in [0.29, 0.717) is 13.0 Å². The van der Waals surface area contributed by atoms with Crippen LogP contribution in [0.2, 0.25) is 5.02 Å². The van der Waals surface area contributed by atoms with Gasteiger partial charge in [-0.05, 0) is 30.9 Å². The summed E-state index contributed by atoms with van der Waals surface area (Å²) in [6, 6.07) is 3.87. The van der Waals surface area contributed by atoms with E-state index in [0.717, 1.165) is 6.42 Å². The second-order valence-corrected chi connectivity index (χ2v) is 5.04. The molecule has 7 heteroatoms. The topological polar surface area (TPSA) is 92.5 Å². The van der Waals surface area contributed by atoms with Gasteiger partial charge in [0.1, 0.15) is 5.56 Å². The minimum Gasteiger partial charge on any atom is -0.396 e. The number of carbonyl (C=O) groups is 1. The number of carbonyl (C=O) groups excluding carboxylic acids is 1. The highest BCUT2D eigenvalue weighted by Gasteiger charge is 2.20. The Kier molecular flexibility index (Phi) is 6.41. The standard InChI is InChI=1S/C13H17ClN2O4/c1-9(8-17)3-2-6-15-13(18)11-7-10(14)4-5-12(11)16(19)20/h4-5,7,9,17H,2-3,6,8H2,1H3,(H,15,18). The molecule has 0 bridgehead atoms. The van der Waals surface area contributed by atoms with Gasteiger partial charge in [0.2, 0.25) is 0 Å². The maximum Gasteiger partial charge on any atom is 0.282 e. The third kappa shape index (κ3) is 4.79. The largest absolute Gasteiger partial charge is 0.396 e. The van der Waals surface area contributed by atoms with Gasteiger partial charge < -0.3 is 10.4 Å². The van der Waals surface area contributed by atoms with Crippen molar-refractivity contribution in [3.63, 3.8) is 0 Å². The van der Waals surface area contributed by atoms with Crippen molar-refractivity contribution in [2.75, 3.05) is 13.2 Å². The van der Waals surface area contributed by atoms with Gasteiger partial charge in [0.25, 0.3) is 11.6 Å². The summed E-state index contributed by atoms with van der Waals surface area (Å²) < 4.78 is 0. The molecule has 20 heavy (non-hydrogen) atoms. The van der Waals surface area contributed by atoms with Gasteiger partial charge in [-0.2, -0.15) is 0 Å². The summed E-state index contributed by atoms with van der Waals surface area (Å²) in [5.41, 5.74) is -0.312. The monoisotopic (exact) mass is 300 g/mol. The maximum atomic E-state index is 11.9. The SMILES string of the molecule is CC(CO)CCCNC(=O)c1cc(Cl)ccc1[N+](=O)[O-]. The van der Waals surface area contributed by atoms with Gasteiger partial charge in [0.15, 0.2) is 0 Å². The van der Waals surface area contributed by atoms with Crippen LogP contribution >= 0.6 is 11.6 Å². The molecule has 0 aliphatic rings. The Hall–Kier alpha value is -1.66. The van der Waals surface area contributed by atoms with Crippen molar-refractivity contribution < 1.29 is 14.8 Å². The molecule has 0 aromatic heterocycles. The van der Waals surface area contributed by atoms with E-state index in [1.54, 1.807) is 0 Å². The Morgan fingerprint density at radius 3 is 2.85 bits per heavy atom. The normalized spacial score (nSPS) is 11.9. The van der Waals surface area contributed by atoms with Gasteiger partial charge in [-0.15, -0.1) is 0 Å². The molecule has 1 aromatic rings. The molecule has 0 fully saturated rings. The Morgan fingerprint density at radius 1 is 1.55 bits per heavy atom. The lowest BCUT2D eigenvalue weighted by molar-refractivity contribution is -0.385. The average Bonchev–Trinajstić information content (AvgIpc) is 2.42. The summed E-state index contributed by atoms with van der Waals surface area (Å²) in [6.07, 6.45) is 1.47. The molecule has 0 heterocycles. The number of aliphatic hydroxyl groups excluding tert-OH is 1. The van der Waals surface area contributed by atoms with E-state index >= 15 is 0 Å². The first-order valence-corrected chi connectivity index (χ1v) is 6.66. The van der Waals surface area contributed by atoms with Crippen LogP contribution in [0.25, 0.3) is 0 Å². The molecule has 1 unspecified atom stereocenters. The highest BCUT2D eigenvalue weighted by molar-refractivity contribution is 6.31. The molecule has 0 aliphatic heterocycles. The minimum atomic E-state index is -0.612. The van der Waals surface area contributed by atoms with Gasteiger partial charge in [0.05, 0.1) is 4.92 Å². The summed E-state index contributed by atoms with van der Waals surface area (Å²) in [4.78, 5) is 22.2. The van der Waals surface area contributed by atoms with Crippen LogP contribution in [0.4, 0.5) is 5.69 Å². The maximum absolute atomic E-state index is 11.9. The van der Waals surface area contributed by atoms with Crippen molar-refractivity contribution in [3.05, 3.63) is 38.9 Å². The Labute approximate surface area is 121 Å². The fraction of sp³-hybridized carbons (Fsp3) is 0.462. The summed E-state index contributed by atoms with van der Waals surface area (Å²) in [5, 5.41) is 22.6. The smallest absolute Gasteiger partial charge is 0.282 e. The molecule has 0 saturated carbocycles. The van der Waals surface area contributed by atoms with Crippen LogP contribution < -0.4 is 5.32 Å². The molecule has 1 amide bonds. The zero-order valence-electron chi connectivity index (χ0n) is 11.1. The van der Waals surface area contributed by atoms with Crippen molar-refractivity contribution in [3.8, 4) is 0 Å². The van der Waals surface area contributed by atoms with E-state index in [2.05, 4.69) is 5.32 Å². The van der Waals surface area contributed by atoms with E-state index in [1.165, 1.54) is 18.2 Å². The van der Waals surface area contributed by atoms with E-state index in [1.807, 2.05) is 6.92 Å². The minimum absolute atomic E-state index is 0.0438. The highest BCUT2D eigenvalue weighted by Crippen LogP contribution is 2.22.